The minimum atomic E-state index is 0.0994. The Labute approximate surface area is 152 Å². The fraction of sp³-hybridized carbons (Fsp3) is 0.368. The molecule has 0 radical (unpaired) electrons. The Kier molecular flexibility index (Phi) is 10.1. The normalized spacial score (nSPS) is 9.79. The van der Waals surface area contributed by atoms with E-state index in [0.29, 0.717) is 11.3 Å². The predicted octanol–water partition coefficient (Wildman–Crippen LogP) is 5.01. The second kappa shape index (κ2) is 11.9. The summed E-state index contributed by atoms with van der Waals surface area (Å²) in [6.07, 6.45) is 1.83. The summed E-state index contributed by atoms with van der Waals surface area (Å²) in [7, 11) is 0. The monoisotopic (exact) mass is 363 g/mol. The number of thioether (sulfide) groups is 1. The number of hydrogen-bond acceptors (Lipinski definition) is 4. The number of carbonyl (C=O) groups excluding carboxylic acids is 2. The van der Waals surface area contributed by atoms with Gasteiger partial charge in [-0.3, -0.25) is 9.59 Å². The number of thiophene rings is 1. The quantitative estimate of drug-likeness (QED) is 0.670. The van der Waals surface area contributed by atoms with Gasteiger partial charge in [0.2, 0.25) is 5.91 Å². The molecular weight excluding hydrogens is 338 g/mol. The number of benzene rings is 1. The lowest BCUT2D eigenvalue weighted by atomic mass is 10.1. The van der Waals surface area contributed by atoms with E-state index in [1.165, 1.54) is 4.88 Å². The molecule has 2 rings (SSSR count). The van der Waals surface area contributed by atoms with Gasteiger partial charge in [-0.15, -0.1) is 23.1 Å². The predicted molar refractivity (Wildman–Crippen MR) is 106 cm³/mol. The lowest BCUT2D eigenvalue weighted by Gasteiger charge is -2.02. The van der Waals surface area contributed by atoms with Crippen LogP contribution >= 0.6 is 23.1 Å². The Morgan fingerprint density at radius 2 is 2.04 bits per heavy atom. The molecule has 5 heteroatoms. The minimum Gasteiger partial charge on any atom is -0.355 e. The van der Waals surface area contributed by atoms with Gasteiger partial charge in [0.1, 0.15) is 6.29 Å². The molecule has 3 nitrogen and oxygen atoms in total. The molecule has 0 saturated heterocycles. The van der Waals surface area contributed by atoms with Crippen molar-refractivity contribution in [2.75, 3.05) is 12.3 Å². The second-order valence-electron chi connectivity index (χ2n) is 4.89. The SMILES string of the molecule is CC.CCCNC(=O)CSCc1cc(-c2cccc(C=O)c2)cs1. The summed E-state index contributed by atoms with van der Waals surface area (Å²) in [5.74, 6) is 1.42. The van der Waals surface area contributed by atoms with E-state index in [1.54, 1.807) is 29.2 Å². The van der Waals surface area contributed by atoms with Gasteiger partial charge in [0.05, 0.1) is 5.75 Å². The first kappa shape index (κ1) is 20.5. The van der Waals surface area contributed by atoms with Crippen molar-refractivity contribution in [1.82, 2.24) is 5.32 Å². The summed E-state index contributed by atoms with van der Waals surface area (Å²) < 4.78 is 0. The van der Waals surface area contributed by atoms with E-state index >= 15 is 0 Å². The minimum absolute atomic E-state index is 0.0994. The molecule has 0 bridgehead atoms. The molecule has 2 aromatic rings. The van der Waals surface area contributed by atoms with Gasteiger partial charge in [-0.2, -0.15) is 0 Å². The molecule has 1 heterocycles. The summed E-state index contributed by atoms with van der Waals surface area (Å²) in [6.45, 7) is 6.79. The van der Waals surface area contributed by atoms with Crippen molar-refractivity contribution in [3.05, 3.63) is 46.2 Å². The zero-order valence-electron chi connectivity index (χ0n) is 14.5. The Bertz CT molecular complexity index is 638. The van der Waals surface area contributed by atoms with Gasteiger partial charge >= 0.3 is 0 Å². The first-order valence-corrected chi connectivity index (χ1v) is 10.2. The standard InChI is InChI=1S/C17H19NO2S2.C2H6/c1-2-6-18-17(20)12-21-11-16-8-15(10-22-16)14-5-3-4-13(7-14)9-19;1-2/h3-5,7-10H,2,6,11-12H2,1H3,(H,18,20);1-2H3. The van der Waals surface area contributed by atoms with Gasteiger partial charge < -0.3 is 5.32 Å². The summed E-state index contributed by atoms with van der Waals surface area (Å²) in [5.41, 5.74) is 2.87. The molecule has 0 aliphatic carbocycles. The van der Waals surface area contributed by atoms with Crippen LogP contribution in [0.5, 0.6) is 0 Å². The van der Waals surface area contributed by atoms with Crippen molar-refractivity contribution in [1.29, 1.82) is 0 Å². The molecule has 0 spiro atoms. The summed E-state index contributed by atoms with van der Waals surface area (Å²) >= 11 is 3.31. The fourth-order valence-corrected chi connectivity index (χ4v) is 3.83. The Balaban J connectivity index is 0.00000139. The van der Waals surface area contributed by atoms with Crippen LogP contribution in [0.4, 0.5) is 0 Å². The van der Waals surface area contributed by atoms with Crippen LogP contribution in [0.2, 0.25) is 0 Å². The summed E-state index contributed by atoms with van der Waals surface area (Å²) in [6, 6.07) is 9.72. The van der Waals surface area contributed by atoms with Crippen molar-refractivity contribution in [2.45, 2.75) is 32.9 Å². The highest BCUT2D eigenvalue weighted by atomic mass is 32.2. The first-order valence-electron chi connectivity index (χ1n) is 8.20. The van der Waals surface area contributed by atoms with Gasteiger partial charge in [-0.05, 0) is 35.1 Å². The van der Waals surface area contributed by atoms with Crippen molar-refractivity contribution < 1.29 is 9.59 Å². The molecule has 1 aromatic heterocycles. The number of amides is 1. The lowest BCUT2D eigenvalue weighted by molar-refractivity contribution is -0.118. The lowest BCUT2D eigenvalue weighted by Crippen LogP contribution is -2.25. The molecule has 1 N–H and O–H groups in total. The molecule has 130 valence electrons. The highest BCUT2D eigenvalue weighted by Crippen LogP contribution is 2.28. The Morgan fingerprint density at radius 1 is 1.25 bits per heavy atom. The average molecular weight is 364 g/mol. The van der Waals surface area contributed by atoms with E-state index in [4.69, 9.17) is 0 Å². The van der Waals surface area contributed by atoms with Crippen LogP contribution < -0.4 is 5.32 Å². The summed E-state index contributed by atoms with van der Waals surface area (Å²) in [4.78, 5) is 23.6. The van der Waals surface area contributed by atoms with Gasteiger partial charge in [0.25, 0.3) is 0 Å². The summed E-state index contributed by atoms with van der Waals surface area (Å²) in [5, 5.41) is 4.97. The van der Waals surface area contributed by atoms with Crippen molar-refractivity contribution >= 4 is 35.3 Å². The van der Waals surface area contributed by atoms with Crippen LogP contribution in [-0.2, 0) is 10.5 Å². The molecule has 1 amide bonds. The van der Waals surface area contributed by atoms with Crippen molar-refractivity contribution in [2.24, 2.45) is 0 Å². The third kappa shape index (κ3) is 6.89. The zero-order chi connectivity index (χ0) is 17.8. The van der Waals surface area contributed by atoms with E-state index in [-0.39, 0.29) is 5.91 Å². The molecule has 0 aliphatic heterocycles. The van der Waals surface area contributed by atoms with Crippen LogP contribution in [0.25, 0.3) is 11.1 Å². The van der Waals surface area contributed by atoms with Crippen LogP contribution in [0, 0.1) is 0 Å². The van der Waals surface area contributed by atoms with Crippen molar-refractivity contribution in [3.63, 3.8) is 0 Å². The van der Waals surface area contributed by atoms with Gasteiger partial charge in [-0.1, -0.05) is 39.0 Å². The maximum absolute atomic E-state index is 11.5. The molecule has 0 fully saturated rings. The Morgan fingerprint density at radius 3 is 2.75 bits per heavy atom. The molecule has 0 aliphatic rings. The number of carbonyl (C=O) groups is 2. The number of nitrogens with one attached hydrogen (secondary N) is 1. The highest BCUT2D eigenvalue weighted by molar-refractivity contribution is 7.99. The van der Waals surface area contributed by atoms with Gasteiger partial charge in [0, 0.05) is 22.7 Å². The highest BCUT2D eigenvalue weighted by Gasteiger charge is 2.05. The van der Waals surface area contributed by atoms with Gasteiger partial charge in [-0.25, -0.2) is 0 Å². The largest absolute Gasteiger partial charge is 0.355 e. The number of hydrogen-bond donors (Lipinski definition) is 1. The number of aldehydes is 1. The Hall–Kier alpha value is -1.59. The van der Waals surface area contributed by atoms with E-state index in [2.05, 4.69) is 16.8 Å². The third-order valence-electron chi connectivity index (χ3n) is 3.06. The smallest absolute Gasteiger partial charge is 0.230 e. The van der Waals surface area contributed by atoms with Crippen molar-refractivity contribution in [3.8, 4) is 11.1 Å². The van der Waals surface area contributed by atoms with Crippen LogP contribution in [0.3, 0.4) is 0 Å². The van der Waals surface area contributed by atoms with Crippen LogP contribution in [0.1, 0.15) is 42.4 Å². The average Bonchev–Trinajstić information content (AvgIpc) is 3.10. The zero-order valence-corrected chi connectivity index (χ0v) is 16.1. The molecule has 0 unspecified atom stereocenters. The van der Waals surface area contributed by atoms with E-state index in [9.17, 15) is 9.59 Å². The second-order valence-corrected chi connectivity index (χ2v) is 6.87. The fourth-order valence-electron chi connectivity index (χ4n) is 1.96. The van der Waals surface area contributed by atoms with Crippen LogP contribution in [0.15, 0.2) is 35.7 Å². The molecule has 0 saturated carbocycles. The maximum atomic E-state index is 11.5. The first-order chi connectivity index (χ1) is 11.7. The van der Waals surface area contributed by atoms with E-state index in [0.717, 1.165) is 36.1 Å². The van der Waals surface area contributed by atoms with E-state index < -0.39 is 0 Å². The molecule has 0 atom stereocenters. The molecular formula is C19H25NO2S2. The third-order valence-corrected chi connectivity index (χ3v) is 5.16. The maximum Gasteiger partial charge on any atom is 0.230 e. The number of rotatable bonds is 8. The topological polar surface area (TPSA) is 46.2 Å². The molecule has 1 aromatic carbocycles. The molecule has 24 heavy (non-hydrogen) atoms. The van der Waals surface area contributed by atoms with Crippen LogP contribution in [-0.4, -0.2) is 24.5 Å². The van der Waals surface area contributed by atoms with E-state index in [1.807, 2.05) is 39.0 Å². The van der Waals surface area contributed by atoms with Gasteiger partial charge in [0.15, 0.2) is 0 Å².